The van der Waals surface area contributed by atoms with Crippen molar-refractivity contribution in [3.8, 4) is 17.1 Å². The average molecular weight is 393 g/mol. The molecular formula is C25H19N3O2. The van der Waals surface area contributed by atoms with Crippen molar-refractivity contribution in [2.24, 2.45) is 5.73 Å². The molecule has 146 valence electrons. The number of carbonyl (C=O) groups excluding carboxylic acids is 1. The maximum Gasteiger partial charge on any atom is 0.409 e. The van der Waals surface area contributed by atoms with E-state index in [0.29, 0.717) is 5.75 Å². The second kappa shape index (κ2) is 7.37. The topological polar surface area (TPSA) is 81.0 Å². The molecule has 0 aliphatic rings. The van der Waals surface area contributed by atoms with Crippen molar-refractivity contribution in [3.63, 3.8) is 0 Å². The maximum absolute atomic E-state index is 10.9. The molecule has 5 heteroatoms. The second-order valence-corrected chi connectivity index (χ2v) is 7.24. The molecule has 0 fully saturated rings. The van der Waals surface area contributed by atoms with Crippen LogP contribution >= 0.6 is 0 Å². The molecule has 4 aromatic carbocycles. The highest BCUT2D eigenvalue weighted by Gasteiger charge is 2.08. The van der Waals surface area contributed by atoms with Gasteiger partial charge < -0.3 is 15.5 Å². The Bertz CT molecular complexity index is 1370. The zero-order chi connectivity index (χ0) is 20.5. The smallest absolute Gasteiger partial charge is 0.409 e. The van der Waals surface area contributed by atoms with Crippen molar-refractivity contribution >= 4 is 27.9 Å². The number of aromatic amines is 1. The maximum atomic E-state index is 10.9. The van der Waals surface area contributed by atoms with Crippen LogP contribution in [0.3, 0.4) is 0 Å². The third-order valence-corrected chi connectivity index (χ3v) is 5.12. The Balaban J connectivity index is 1.38. The first-order valence-electron chi connectivity index (χ1n) is 9.68. The lowest BCUT2D eigenvalue weighted by Crippen LogP contribution is -2.16. The second-order valence-electron chi connectivity index (χ2n) is 7.24. The summed E-state index contributed by atoms with van der Waals surface area (Å²) < 4.78 is 4.93. The molecule has 5 nitrogen and oxygen atoms in total. The van der Waals surface area contributed by atoms with Crippen LogP contribution in [0.4, 0.5) is 4.79 Å². The molecule has 0 saturated carbocycles. The molecule has 0 aliphatic heterocycles. The summed E-state index contributed by atoms with van der Waals surface area (Å²) in [4.78, 5) is 18.8. The number of hydrogen-bond acceptors (Lipinski definition) is 3. The number of carbonyl (C=O) groups is 1. The monoisotopic (exact) mass is 393 g/mol. The molecule has 0 aliphatic carbocycles. The van der Waals surface area contributed by atoms with Gasteiger partial charge in [0.05, 0.1) is 11.0 Å². The van der Waals surface area contributed by atoms with E-state index in [1.165, 1.54) is 21.9 Å². The Labute approximate surface area is 173 Å². The van der Waals surface area contributed by atoms with E-state index in [4.69, 9.17) is 10.5 Å². The molecule has 0 atom stereocenters. The normalized spacial score (nSPS) is 11.1. The van der Waals surface area contributed by atoms with Gasteiger partial charge in [-0.1, -0.05) is 66.7 Å². The minimum Gasteiger partial charge on any atom is -0.410 e. The van der Waals surface area contributed by atoms with Crippen LogP contribution in [-0.4, -0.2) is 16.1 Å². The molecule has 0 spiro atoms. The first kappa shape index (κ1) is 17.9. The molecule has 5 aromatic rings. The molecular weight excluding hydrogens is 374 g/mol. The van der Waals surface area contributed by atoms with Crippen molar-refractivity contribution in [2.45, 2.75) is 6.42 Å². The number of ether oxygens (including phenoxy) is 1. The molecule has 3 N–H and O–H groups in total. The zero-order valence-electron chi connectivity index (χ0n) is 16.1. The number of nitrogens with zero attached hydrogens (tertiary/aromatic N) is 1. The van der Waals surface area contributed by atoms with Crippen LogP contribution in [0.1, 0.15) is 11.1 Å². The predicted octanol–water partition coefficient (Wildman–Crippen LogP) is 5.43. The molecule has 0 unspecified atom stereocenters. The van der Waals surface area contributed by atoms with E-state index in [9.17, 15) is 4.79 Å². The van der Waals surface area contributed by atoms with E-state index < -0.39 is 6.09 Å². The first-order chi connectivity index (χ1) is 14.6. The van der Waals surface area contributed by atoms with Gasteiger partial charge in [0.25, 0.3) is 0 Å². The fourth-order valence-electron chi connectivity index (χ4n) is 3.67. The van der Waals surface area contributed by atoms with E-state index in [2.05, 4.69) is 76.7 Å². The largest absolute Gasteiger partial charge is 0.410 e. The fourth-order valence-corrected chi connectivity index (χ4v) is 3.67. The summed E-state index contributed by atoms with van der Waals surface area (Å²) in [5.74, 6) is 1.15. The van der Waals surface area contributed by atoms with Gasteiger partial charge in [0.15, 0.2) is 0 Å². The number of nitrogens with one attached hydrogen (secondary N) is 1. The van der Waals surface area contributed by atoms with Crippen LogP contribution in [0, 0.1) is 0 Å². The average Bonchev–Trinajstić information content (AvgIpc) is 3.17. The number of imidazole rings is 1. The third kappa shape index (κ3) is 3.61. The quantitative estimate of drug-likeness (QED) is 0.427. The number of H-pyrrole nitrogens is 1. The van der Waals surface area contributed by atoms with E-state index in [1.807, 2.05) is 0 Å². The van der Waals surface area contributed by atoms with Crippen molar-refractivity contribution < 1.29 is 9.53 Å². The predicted molar refractivity (Wildman–Crippen MR) is 118 cm³/mol. The van der Waals surface area contributed by atoms with Crippen molar-refractivity contribution in [2.75, 3.05) is 0 Å². The van der Waals surface area contributed by atoms with Gasteiger partial charge in [-0.3, -0.25) is 0 Å². The highest BCUT2D eigenvalue weighted by atomic mass is 16.5. The summed E-state index contributed by atoms with van der Waals surface area (Å²) in [6, 6.07) is 28.5. The number of primary amides is 1. The Hall–Kier alpha value is -4.12. The standard InChI is InChI=1S/C25H19N3O2/c26-25(29)30-21-11-12-22-23(15-21)28-24(27-22)19-9-5-16(6-10-19)13-17-7-8-18-3-1-2-4-20(18)14-17/h1-12,14-15H,13H2,(H2,26,29)(H,27,28). The number of rotatable bonds is 4. The molecule has 0 saturated heterocycles. The highest BCUT2D eigenvalue weighted by Crippen LogP contribution is 2.25. The van der Waals surface area contributed by atoms with Crippen molar-refractivity contribution in [1.29, 1.82) is 0 Å². The van der Waals surface area contributed by atoms with Crippen LogP contribution in [0.25, 0.3) is 33.2 Å². The number of aromatic nitrogens is 2. The minimum absolute atomic E-state index is 0.385. The number of amides is 1. The van der Waals surface area contributed by atoms with E-state index in [-0.39, 0.29) is 0 Å². The summed E-state index contributed by atoms with van der Waals surface area (Å²) in [6.07, 6.45) is 0.0371. The highest BCUT2D eigenvalue weighted by molar-refractivity contribution is 5.83. The molecule has 0 bridgehead atoms. The Morgan fingerprint density at radius 2 is 1.63 bits per heavy atom. The van der Waals surface area contributed by atoms with E-state index in [1.54, 1.807) is 18.2 Å². The minimum atomic E-state index is -0.837. The van der Waals surface area contributed by atoms with Crippen molar-refractivity contribution in [3.05, 3.63) is 96.1 Å². The summed E-state index contributed by atoms with van der Waals surface area (Å²) in [6.45, 7) is 0. The van der Waals surface area contributed by atoms with Gasteiger partial charge in [-0.25, -0.2) is 9.78 Å². The fraction of sp³-hybridized carbons (Fsp3) is 0.0400. The van der Waals surface area contributed by atoms with Gasteiger partial charge in [0.1, 0.15) is 11.6 Å². The van der Waals surface area contributed by atoms with Gasteiger partial charge in [-0.05, 0) is 40.5 Å². The summed E-state index contributed by atoms with van der Waals surface area (Å²) in [7, 11) is 0. The summed E-state index contributed by atoms with van der Waals surface area (Å²) in [5, 5.41) is 2.51. The molecule has 1 aromatic heterocycles. The Kier molecular flexibility index (Phi) is 4.41. The van der Waals surface area contributed by atoms with Crippen molar-refractivity contribution in [1.82, 2.24) is 9.97 Å². The molecule has 5 rings (SSSR count). The lowest BCUT2D eigenvalue weighted by atomic mass is 10.0. The number of fused-ring (bicyclic) bond motifs is 2. The van der Waals surface area contributed by atoms with Gasteiger partial charge >= 0.3 is 6.09 Å². The number of nitrogens with two attached hydrogens (primary N) is 1. The van der Waals surface area contributed by atoms with Crippen LogP contribution in [-0.2, 0) is 6.42 Å². The molecule has 30 heavy (non-hydrogen) atoms. The molecule has 1 heterocycles. The van der Waals surface area contributed by atoms with E-state index >= 15 is 0 Å². The SMILES string of the molecule is NC(=O)Oc1ccc2nc(-c3ccc(Cc4ccc5ccccc5c4)cc3)[nH]c2c1. The van der Waals surface area contributed by atoms with Crippen LogP contribution in [0.5, 0.6) is 5.75 Å². The Morgan fingerprint density at radius 1 is 0.867 bits per heavy atom. The first-order valence-corrected chi connectivity index (χ1v) is 9.68. The number of benzene rings is 4. The Morgan fingerprint density at radius 3 is 2.43 bits per heavy atom. The van der Waals surface area contributed by atoms with Gasteiger partial charge in [0.2, 0.25) is 0 Å². The lowest BCUT2D eigenvalue weighted by Gasteiger charge is -2.05. The van der Waals surface area contributed by atoms with Gasteiger partial charge in [-0.2, -0.15) is 0 Å². The zero-order valence-corrected chi connectivity index (χ0v) is 16.1. The third-order valence-electron chi connectivity index (χ3n) is 5.12. The molecule has 0 radical (unpaired) electrons. The summed E-state index contributed by atoms with van der Waals surface area (Å²) in [5.41, 5.74) is 10.2. The van der Waals surface area contributed by atoms with Crippen LogP contribution < -0.4 is 10.5 Å². The summed E-state index contributed by atoms with van der Waals surface area (Å²) >= 11 is 0. The van der Waals surface area contributed by atoms with Crippen LogP contribution in [0.15, 0.2) is 84.9 Å². The van der Waals surface area contributed by atoms with Gasteiger partial charge in [-0.15, -0.1) is 0 Å². The van der Waals surface area contributed by atoms with Crippen LogP contribution in [0.2, 0.25) is 0 Å². The molecule has 1 amide bonds. The number of hydrogen-bond donors (Lipinski definition) is 2. The van der Waals surface area contributed by atoms with E-state index in [0.717, 1.165) is 28.8 Å². The van der Waals surface area contributed by atoms with Gasteiger partial charge in [0, 0.05) is 11.6 Å². The lowest BCUT2D eigenvalue weighted by molar-refractivity contribution is 0.211.